The van der Waals surface area contributed by atoms with Crippen molar-refractivity contribution in [2.75, 3.05) is 31.5 Å². The second-order valence-electron chi connectivity index (χ2n) is 5.85. The summed E-state index contributed by atoms with van der Waals surface area (Å²) in [4.78, 5) is 17.5. The molecule has 8 heteroatoms. The van der Waals surface area contributed by atoms with Crippen molar-refractivity contribution >= 4 is 23.1 Å². The molecule has 0 atom stereocenters. The Morgan fingerprint density at radius 3 is 2.32 bits per heavy atom. The summed E-state index contributed by atoms with van der Waals surface area (Å²) in [6.07, 6.45) is -4.37. The number of nitrogens with zero attached hydrogens (tertiary/aromatic N) is 2. The van der Waals surface area contributed by atoms with E-state index in [0.29, 0.717) is 18.8 Å². The molecule has 0 spiro atoms. The van der Waals surface area contributed by atoms with Gasteiger partial charge in [-0.05, 0) is 35.7 Å². The molecule has 1 fully saturated rings. The number of nitrogens with one attached hydrogen (secondary N) is 1. The van der Waals surface area contributed by atoms with E-state index in [4.69, 9.17) is 0 Å². The van der Waals surface area contributed by atoms with E-state index < -0.39 is 11.7 Å². The molecule has 1 aliphatic rings. The lowest BCUT2D eigenvalue weighted by Crippen LogP contribution is -2.49. The zero-order valence-corrected chi connectivity index (χ0v) is 14.2. The first kappa shape index (κ1) is 17.8. The van der Waals surface area contributed by atoms with Crippen LogP contribution in [0.3, 0.4) is 0 Å². The highest BCUT2D eigenvalue weighted by Gasteiger charge is 2.30. The average molecular weight is 369 g/mol. The van der Waals surface area contributed by atoms with Crippen LogP contribution in [0.2, 0.25) is 0 Å². The van der Waals surface area contributed by atoms with Crippen molar-refractivity contribution in [3.8, 4) is 0 Å². The van der Waals surface area contributed by atoms with Crippen molar-refractivity contribution in [3.63, 3.8) is 0 Å². The lowest BCUT2D eigenvalue weighted by atomic mass is 10.2. The van der Waals surface area contributed by atoms with E-state index in [1.54, 1.807) is 16.2 Å². The molecule has 1 aliphatic heterocycles. The summed E-state index contributed by atoms with van der Waals surface area (Å²) in [5.41, 5.74) is -0.369. The number of rotatable bonds is 3. The Morgan fingerprint density at radius 1 is 1.08 bits per heavy atom. The summed E-state index contributed by atoms with van der Waals surface area (Å²) >= 11 is 1.71. The van der Waals surface area contributed by atoms with E-state index in [9.17, 15) is 18.0 Å². The van der Waals surface area contributed by atoms with Crippen LogP contribution in [0, 0.1) is 0 Å². The molecule has 0 saturated carbocycles. The van der Waals surface area contributed by atoms with Gasteiger partial charge in [0.2, 0.25) is 0 Å². The number of amides is 2. The number of hydrogen-bond donors (Lipinski definition) is 1. The van der Waals surface area contributed by atoms with Crippen LogP contribution >= 0.6 is 11.3 Å². The van der Waals surface area contributed by atoms with Gasteiger partial charge >= 0.3 is 12.2 Å². The molecule has 0 radical (unpaired) electrons. The SMILES string of the molecule is O=C(Nc1ccc(C(F)(F)F)cc1)N1CCN(Cc2cccs2)CC1. The van der Waals surface area contributed by atoms with Crippen LogP contribution in [-0.4, -0.2) is 42.0 Å². The molecular weight excluding hydrogens is 351 g/mol. The van der Waals surface area contributed by atoms with Gasteiger partial charge in [0.05, 0.1) is 5.56 Å². The third kappa shape index (κ3) is 4.73. The maximum absolute atomic E-state index is 12.5. The minimum atomic E-state index is -4.37. The summed E-state index contributed by atoms with van der Waals surface area (Å²) in [6.45, 7) is 3.62. The van der Waals surface area contributed by atoms with Crippen LogP contribution in [-0.2, 0) is 12.7 Å². The first-order chi connectivity index (χ1) is 11.9. The number of urea groups is 1. The normalized spacial score (nSPS) is 16.0. The highest BCUT2D eigenvalue weighted by Crippen LogP contribution is 2.29. The molecule has 25 heavy (non-hydrogen) atoms. The van der Waals surface area contributed by atoms with Crippen molar-refractivity contribution in [3.05, 3.63) is 52.2 Å². The van der Waals surface area contributed by atoms with Gasteiger partial charge in [-0.3, -0.25) is 4.90 Å². The lowest BCUT2D eigenvalue weighted by molar-refractivity contribution is -0.137. The quantitative estimate of drug-likeness (QED) is 0.884. The monoisotopic (exact) mass is 369 g/mol. The fraction of sp³-hybridized carbons (Fsp3) is 0.353. The van der Waals surface area contributed by atoms with Gasteiger partial charge < -0.3 is 10.2 Å². The first-order valence-electron chi connectivity index (χ1n) is 7.90. The van der Waals surface area contributed by atoms with Gasteiger partial charge in [0.1, 0.15) is 0 Å². The van der Waals surface area contributed by atoms with Crippen molar-refractivity contribution in [1.29, 1.82) is 0 Å². The molecule has 0 unspecified atom stereocenters. The van der Waals surface area contributed by atoms with Gasteiger partial charge in [0, 0.05) is 43.3 Å². The standard InChI is InChI=1S/C17H18F3N3OS/c18-17(19,20)13-3-5-14(6-4-13)21-16(24)23-9-7-22(8-10-23)12-15-2-1-11-25-15/h1-6,11H,7-10,12H2,(H,21,24). The lowest BCUT2D eigenvalue weighted by Gasteiger charge is -2.34. The van der Waals surface area contributed by atoms with Crippen LogP contribution in [0.25, 0.3) is 0 Å². The van der Waals surface area contributed by atoms with E-state index in [2.05, 4.69) is 16.3 Å². The Morgan fingerprint density at radius 2 is 1.76 bits per heavy atom. The number of benzene rings is 1. The minimum absolute atomic E-state index is 0.282. The Kier molecular flexibility index (Phi) is 5.29. The van der Waals surface area contributed by atoms with Crippen molar-refractivity contribution in [2.45, 2.75) is 12.7 Å². The largest absolute Gasteiger partial charge is 0.416 e. The summed E-state index contributed by atoms with van der Waals surface area (Å²) in [5.74, 6) is 0. The first-order valence-corrected chi connectivity index (χ1v) is 8.78. The maximum atomic E-state index is 12.5. The van der Waals surface area contributed by atoms with Crippen molar-refractivity contribution in [1.82, 2.24) is 9.80 Å². The number of hydrogen-bond acceptors (Lipinski definition) is 3. The summed E-state index contributed by atoms with van der Waals surface area (Å²) in [5, 5.41) is 4.70. The number of thiophene rings is 1. The highest BCUT2D eigenvalue weighted by atomic mass is 32.1. The number of halogens is 3. The maximum Gasteiger partial charge on any atom is 0.416 e. The van der Waals surface area contributed by atoms with E-state index >= 15 is 0 Å². The Hall–Kier alpha value is -2.06. The number of carbonyl (C=O) groups is 1. The fourth-order valence-electron chi connectivity index (χ4n) is 2.68. The van der Waals surface area contributed by atoms with Crippen LogP contribution < -0.4 is 5.32 Å². The second-order valence-corrected chi connectivity index (χ2v) is 6.88. The predicted molar refractivity (Wildman–Crippen MR) is 91.6 cm³/mol. The molecule has 1 aromatic heterocycles. The van der Waals surface area contributed by atoms with Crippen molar-refractivity contribution in [2.24, 2.45) is 0 Å². The molecule has 4 nitrogen and oxygen atoms in total. The van der Waals surface area contributed by atoms with E-state index in [1.807, 2.05) is 11.4 Å². The number of alkyl halides is 3. The molecule has 1 saturated heterocycles. The molecule has 2 heterocycles. The van der Waals surface area contributed by atoms with Gasteiger partial charge in [0.25, 0.3) is 0 Å². The second kappa shape index (κ2) is 7.45. The van der Waals surface area contributed by atoms with Gasteiger partial charge in [-0.1, -0.05) is 6.07 Å². The molecule has 2 amide bonds. The smallest absolute Gasteiger partial charge is 0.322 e. The molecule has 0 bridgehead atoms. The van der Waals surface area contributed by atoms with Crippen LogP contribution in [0.5, 0.6) is 0 Å². The molecular formula is C17H18F3N3OS. The predicted octanol–water partition coefficient (Wildman–Crippen LogP) is 4.12. The minimum Gasteiger partial charge on any atom is -0.322 e. The summed E-state index contributed by atoms with van der Waals surface area (Å²) in [7, 11) is 0. The molecule has 2 aromatic rings. The van der Waals surface area contributed by atoms with Gasteiger partial charge in [-0.2, -0.15) is 13.2 Å². The van der Waals surface area contributed by atoms with E-state index in [-0.39, 0.29) is 6.03 Å². The molecule has 3 rings (SSSR count). The average Bonchev–Trinajstić information content (AvgIpc) is 3.08. The number of piperazine rings is 1. The van der Waals surface area contributed by atoms with E-state index in [0.717, 1.165) is 31.8 Å². The zero-order chi connectivity index (χ0) is 17.9. The number of carbonyl (C=O) groups excluding carboxylic acids is 1. The van der Waals surface area contributed by atoms with Crippen LogP contribution in [0.1, 0.15) is 10.4 Å². The van der Waals surface area contributed by atoms with Gasteiger partial charge in [0.15, 0.2) is 0 Å². The molecule has 0 aliphatic carbocycles. The summed E-state index contributed by atoms with van der Waals surface area (Å²) in [6, 6.07) is 8.31. The molecule has 134 valence electrons. The third-order valence-corrected chi connectivity index (χ3v) is 4.94. The van der Waals surface area contributed by atoms with Crippen molar-refractivity contribution < 1.29 is 18.0 Å². The summed E-state index contributed by atoms with van der Waals surface area (Å²) < 4.78 is 37.6. The Balaban J connectivity index is 1.49. The Bertz CT molecular complexity index is 693. The zero-order valence-electron chi connectivity index (χ0n) is 13.4. The topological polar surface area (TPSA) is 35.6 Å². The number of anilines is 1. The van der Waals surface area contributed by atoms with Gasteiger partial charge in [-0.15, -0.1) is 11.3 Å². The van der Waals surface area contributed by atoms with Gasteiger partial charge in [-0.25, -0.2) is 4.79 Å². The fourth-order valence-corrected chi connectivity index (χ4v) is 3.42. The molecule has 1 N–H and O–H groups in total. The molecule has 1 aromatic carbocycles. The van der Waals surface area contributed by atoms with Crippen LogP contribution in [0.15, 0.2) is 41.8 Å². The Labute approximate surface area is 147 Å². The third-order valence-electron chi connectivity index (χ3n) is 4.08. The van der Waals surface area contributed by atoms with Crippen LogP contribution in [0.4, 0.5) is 23.7 Å². The highest BCUT2D eigenvalue weighted by molar-refractivity contribution is 7.09. The van der Waals surface area contributed by atoms with E-state index in [1.165, 1.54) is 17.0 Å².